The number of H-pyrrole nitrogens is 2. The quantitative estimate of drug-likeness (QED) is 0.578. The van der Waals surface area contributed by atoms with E-state index in [0.29, 0.717) is 17.9 Å². The maximum absolute atomic E-state index is 12.0. The lowest BCUT2D eigenvalue weighted by atomic mass is 10.2. The van der Waals surface area contributed by atoms with E-state index in [4.69, 9.17) is 5.11 Å². The van der Waals surface area contributed by atoms with Gasteiger partial charge >= 0.3 is 12.0 Å². The molecular formula is C13H17N5O3. The van der Waals surface area contributed by atoms with Crippen molar-refractivity contribution in [2.24, 2.45) is 0 Å². The van der Waals surface area contributed by atoms with Gasteiger partial charge in [0, 0.05) is 18.1 Å². The van der Waals surface area contributed by atoms with Gasteiger partial charge in [0.05, 0.1) is 11.7 Å². The highest BCUT2D eigenvalue weighted by Gasteiger charge is 2.18. The first-order valence-corrected chi connectivity index (χ1v) is 6.51. The fourth-order valence-corrected chi connectivity index (χ4v) is 2.00. The lowest BCUT2D eigenvalue weighted by molar-refractivity contribution is 0.0692. The lowest BCUT2D eigenvalue weighted by Gasteiger charge is -2.15. The number of hydrogen-bond acceptors (Lipinski definition) is 3. The Morgan fingerprint density at radius 3 is 2.81 bits per heavy atom. The van der Waals surface area contributed by atoms with Gasteiger partial charge in [0.1, 0.15) is 11.5 Å². The Bertz CT molecular complexity index is 632. The molecule has 0 aromatic carbocycles. The van der Waals surface area contributed by atoms with Crippen LogP contribution in [0.2, 0.25) is 0 Å². The lowest BCUT2D eigenvalue weighted by Crippen LogP contribution is -2.33. The van der Waals surface area contributed by atoms with E-state index in [0.717, 1.165) is 0 Å². The van der Waals surface area contributed by atoms with Gasteiger partial charge < -0.3 is 25.7 Å². The molecule has 0 aliphatic rings. The summed E-state index contributed by atoms with van der Waals surface area (Å²) in [5.74, 6) is -0.479. The van der Waals surface area contributed by atoms with E-state index >= 15 is 0 Å². The van der Waals surface area contributed by atoms with Crippen molar-refractivity contribution in [3.63, 3.8) is 0 Å². The molecule has 2 rings (SSSR count). The van der Waals surface area contributed by atoms with Crippen molar-refractivity contribution < 1.29 is 14.7 Å². The molecule has 2 aromatic rings. The van der Waals surface area contributed by atoms with E-state index in [9.17, 15) is 9.59 Å². The summed E-state index contributed by atoms with van der Waals surface area (Å²) < 4.78 is 0. The second kappa shape index (κ2) is 6.12. The molecule has 0 saturated heterocycles. The Kier molecular flexibility index (Phi) is 4.27. The van der Waals surface area contributed by atoms with Crippen molar-refractivity contribution in [3.8, 4) is 0 Å². The van der Waals surface area contributed by atoms with Crippen LogP contribution in [0.3, 0.4) is 0 Å². The highest BCUT2D eigenvalue weighted by molar-refractivity contribution is 5.99. The molecule has 2 heterocycles. The molecule has 0 aliphatic carbocycles. The monoisotopic (exact) mass is 291 g/mol. The average molecular weight is 291 g/mol. The summed E-state index contributed by atoms with van der Waals surface area (Å²) in [5.41, 5.74) is 0.835. The number of nitrogens with one attached hydrogen (secondary N) is 4. The number of anilines is 1. The number of imidazole rings is 1. The third-order valence-corrected chi connectivity index (χ3v) is 2.98. The van der Waals surface area contributed by atoms with E-state index < -0.39 is 12.0 Å². The molecular weight excluding hydrogens is 274 g/mol. The molecule has 112 valence electrons. The van der Waals surface area contributed by atoms with Crippen LogP contribution in [-0.4, -0.2) is 32.1 Å². The summed E-state index contributed by atoms with van der Waals surface area (Å²) >= 11 is 0. The molecule has 0 aliphatic heterocycles. The summed E-state index contributed by atoms with van der Waals surface area (Å²) in [6.07, 6.45) is 3.93. The number of carboxylic acid groups (broad SMARTS) is 1. The zero-order valence-electron chi connectivity index (χ0n) is 11.7. The van der Waals surface area contributed by atoms with Gasteiger partial charge in [-0.3, -0.25) is 0 Å². The Labute approximate surface area is 121 Å². The van der Waals surface area contributed by atoms with Crippen LogP contribution in [0.4, 0.5) is 10.5 Å². The van der Waals surface area contributed by atoms with Crippen LogP contribution in [-0.2, 0) is 0 Å². The fourth-order valence-electron chi connectivity index (χ4n) is 2.00. The number of carbonyl (C=O) groups is 2. The zero-order chi connectivity index (χ0) is 15.4. The van der Waals surface area contributed by atoms with Crippen LogP contribution in [0.25, 0.3) is 0 Å². The van der Waals surface area contributed by atoms with E-state index in [-0.39, 0.29) is 17.4 Å². The molecule has 0 bridgehead atoms. The second-order valence-electron chi connectivity index (χ2n) is 4.58. The molecule has 2 amide bonds. The largest absolute Gasteiger partial charge is 0.477 e. The first-order valence-electron chi connectivity index (χ1n) is 6.51. The predicted molar refractivity (Wildman–Crippen MR) is 76.3 cm³/mol. The highest BCUT2D eigenvalue weighted by Crippen LogP contribution is 2.17. The standard InChI is InChI=1S/C13H17N5O3/c1-3-8(11-14-4-5-15-11)17-13(21)18-9-6-7(2)16-10(9)12(19)20/h4-6,8,16H,3H2,1-2H3,(H,14,15)(H,19,20)(H2,17,18,21). The zero-order valence-corrected chi connectivity index (χ0v) is 11.7. The van der Waals surface area contributed by atoms with Gasteiger partial charge in [0.25, 0.3) is 0 Å². The van der Waals surface area contributed by atoms with Crippen molar-refractivity contribution in [1.82, 2.24) is 20.3 Å². The average Bonchev–Trinajstić information content (AvgIpc) is 3.05. The minimum absolute atomic E-state index is 0.0475. The molecule has 2 aromatic heterocycles. The summed E-state index contributed by atoms with van der Waals surface area (Å²) in [6.45, 7) is 3.63. The normalized spacial score (nSPS) is 11.9. The summed E-state index contributed by atoms with van der Waals surface area (Å²) in [6, 6.07) is 0.810. The first kappa shape index (κ1) is 14.6. The number of aromatic carboxylic acids is 1. The van der Waals surface area contributed by atoms with Crippen molar-refractivity contribution in [2.75, 3.05) is 5.32 Å². The minimum Gasteiger partial charge on any atom is -0.477 e. The number of amides is 2. The van der Waals surface area contributed by atoms with Crippen LogP contribution in [0, 0.1) is 6.92 Å². The Morgan fingerprint density at radius 1 is 1.48 bits per heavy atom. The number of carbonyl (C=O) groups excluding carboxylic acids is 1. The molecule has 1 atom stereocenters. The Morgan fingerprint density at radius 2 is 2.24 bits per heavy atom. The van der Waals surface area contributed by atoms with Gasteiger partial charge in [-0.25, -0.2) is 14.6 Å². The second-order valence-corrected chi connectivity index (χ2v) is 4.58. The predicted octanol–water partition coefficient (Wildman–Crippen LogP) is 2.02. The number of urea groups is 1. The van der Waals surface area contributed by atoms with Crippen LogP contribution in [0.1, 0.15) is 41.4 Å². The van der Waals surface area contributed by atoms with Crippen molar-refractivity contribution in [2.45, 2.75) is 26.3 Å². The maximum atomic E-state index is 12.0. The van der Waals surface area contributed by atoms with Crippen LogP contribution in [0.15, 0.2) is 18.5 Å². The van der Waals surface area contributed by atoms with E-state index in [2.05, 4.69) is 25.6 Å². The number of carboxylic acids is 1. The summed E-state index contributed by atoms with van der Waals surface area (Å²) in [5, 5.41) is 14.3. The smallest absolute Gasteiger partial charge is 0.354 e. The molecule has 0 radical (unpaired) electrons. The Balaban J connectivity index is 2.06. The third kappa shape index (κ3) is 3.41. The molecule has 21 heavy (non-hydrogen) atoms. The van der Waals surface area contributed by atoms with Crippen molar-refractivity contribution in [1.29, 1.82) is 0 Å². The molecule has 8 heteroatoms. The van der Waals surface area contributed by atoms with Gasteiger partial charge in [0.2, 0.25) is 0 Å². The first-order chi connectivity index (χ1) is 10.0. The SMILES string of the molecule is CCC(NC(=O)Nc1cc(C)[nH]c1C(=O)O)c1ncc[nH]1. The van der Waals surface area contributed by atoms with Gasteiger partial charge in [0.15, 0.2) is 0 Å². The van der Waals surface area contributed by atoms with E-state index in [1.54, 1.807) is 25.4 Å². The number of aromatic amines is 2. The fraction of sp³-hybridized carbons (Fsp3) is 0.308. The van der Waals surface area contributed by atoms with E-state index in [1.165, 1.54) is 0 Å². The van der Waals surface area contributed by atoms with Crippen LogP contribution in [0.5, 0.6) is 0 Å². The number of rotatable bonds is 5. The van der Waals surface area contributed by atoms with Gasteiger partial charge in [-0.2, -0.15) is 0 Å². The molecule has 1 unspecified atom stereocenters. The molecule has 0 spiro atoms. The third-order valence-electron chi connectivity index (χ3n) is 2.98. The molecule has 0 fully saturated rings. The van der Waals surface area contributed by atoms with E-state index in [1.807, 2.05) is 6.92 Å². The molecule has 5 N–H and O–H groups in total. The number of aryl methyl sites for hydroxylation is 1. The minimum atomic E-state index is -1.13. The number of aromatic nitrogens is 3. The maximum Gasteiger partial charge on any atom is 0.354 e. The number of nitrogens with zero attached hydrogens (tertiary/aromatic N) is 1. The summed E-state index contributed by atoms with van der Waals surface area (Å²) in [7, 11) is 0. The van der Waals surface area contributed by atoms with Crippen LogP contribution >= 0.6 is 0 Å². The van der Waals surface area contributed by atoms with Crippen LogP contribution < -0.4 is 10.6 Å². The van der Waals surface area contributed by atoms with Gasteiger partial charge in [-0.15, -0.1) is 0 Å². The number of hydrogen-bond donors (Lipinski definition) is 5. The molecule has 8 nitrogen and oxygen atoms in total. The van der Waals surface area contributed by atoms with Gasteiger partial charge in [-0.05, 0) is 19.4 Å². The highest BCUT2D eigenvalue weighted by atomic mass is 16.4. The summed E-state index contributed by atoms with van der Waals surface area (Å²) in [4.78, 5) is 32.8. The topological polar surface area (TPSA) is 123 Å². The van der Waals surface area contributed by atoms with Crippen molar-refractivity contribution in [3.05, 3.63) is 35.7 Å². The Hall–Kier alpha value is -2.77. The molecule has 0 saturated carbocycles. The van der Waals surface area contributed by atoms with Crippen molar-refractivity contribution >= 4 is 17.7 Å². The van der Waals surface area contributed by atoms with Gasteiger partial charge in [-0.1, -0.05) is 6.92 Å².